The van der Waals surface area contributed by atoms with Crippen LogP contribution < -0.4 is 16.6 Å². The van der Waals surface area contributed by atoms with Crippen LogP contribution in [-0.2, 0) is 32.1 Å². The van der Waals surface area contributed by atoms with Gasteiger partial charge in [0.25, 0.3) is 5.56 Å². The second kappa shape index (κ2) is 8.01. The summed E-state index contributed by atoms with van der Waals surface area (Å²) in [4.78, 5) is 40.7. The molecule has 0 aliphatic rings. The number of nitrogens with one attached hydrogen (secondary N) is 1. The average molecular weight is 441 g/mol. The number of fused-ring (bicyclic) bond motifs is 1. The molecule has 8 nitrogen and oxygen atoms in total. The number of rotatable bonds is 5. The molecule has 0 fully saturated rings. The minimum absolute atomic E-state index is 0.0752. The summed E-state index contributed by atoms with van der Waals surface area (Å²) < 4.78 is 41.6. The number of carbonyl (C=O) groups excluding carboxylic acids is 1. The van der Waals surface area contributed by atoms with Gasteiger partial charge in [-0.15, -0.1) is 0 Å². The molecule has 2 aromatic heterocycles. The lowest BCUT2D eigenvalue weighted by Crippen LogP contribution is -2.37. The smallest absolute Gasteiger partial charge is 0.326 e. The zero-order chi connectivity index (χ0) is 22.2. The van der Waals surface area contributed by atoms with Crippen LogP contribution in [0.4, 0.5) is 18.9 Å². The van der Waals surface area contributed by atoms with E-state index in [1.165, 1.54) is 42.6 Å². The first kappa shape index (κ1) is 21.7. The van der Waals surface area contributed by atoms with Crippen LogP contribution in [0.3, 0.4) is 0 Å². The van der Waals surface area contributed by atoms with Gasteiger partial charge in [0.1, 0.15) is 0 Å². The highest BCUT2D eigenvalue weighted by Crippen LogP contribution is 2.29. The molecule has 0 saturated heterocycles. The van der Waals surface area contributed by atoms with Gasteiger partial charge < -0.3 is 9.88 Å². The molecule has 0 radical (unpaired) electrons. The number of nitrogens with zero attached hydrogens (tertiary/aromatic N) is 4. The highest BCUT2D eigenvalue weighted by atomic mass is 32.2. The van der Waals surface area contributed by atoms with Crippen LogP contribution in [0.25, 0.3) is 11.2 Å². The second-order valence-electron chi connectivity index (χ2n) is 6.55. The highest BCUT2D eigenvalue weighted by molar-refractivity contribution is 7.99. The number of aryl methyl sites for hydroxylation is 2. The Bertz CT molecular complexity index is 1230. The fourth-order valence-corrected chi connectivity index (χ4v) is 3.79. The van der Waals surface area contributed by atoms with Crippen LogP contribution in [0.15, 0.2) is 39.0 Å². The van der Waals surface area contributed by atoms with Crippen LogP contribution in [0.2, 0.25) is 0 Å². The number of alkyl halides is 3. The molecule has 1 aromatic carbocycles. The molecular formula is C18H18F3N5O3S. The number of aromatic nitrogens is 4. The largest absolute Gasteiger partial charge is 0.416 e. The van der Waals surface area contributed by atoms with Gasteiger partial charge in [0, 0.05) is 39.0 Å². The van der Waals surface area contributed by atoms with Crippen molar-refractivity contribution in [3.8, 4) is 0 Å². The minimum atomic E-state index is -4.44. The summed E-state index contributed by atoms with van der Waals surface area (Å²) in [5.41, 5.74) is -0.977. The third kappa shape index (κ3) is 4.13. The van der Waals surface area contributed by atoms with E-state index in [1.54, 1.807) is 11.6 Å². The molecule has 0 spiro atoms. The first-order valence-electron chi connectivity index (χ1n) is 8.73. The molecule has 1 N–H and O–H groups in total. The molecule has 12 heteroatoms. The molecule has 3 aromatic rings. The Balaban J connectivity index is 1.66. The Kier molecular flexibility index (Phi) is 5.79. The fourth-order valence-electron chi connectivity index (χ4n) is 2.89. The SMILES string of the molecule is Cn1c(=O)c2nc(SCCC(=O)Nc3ccc(C(F)(F)F)cc3)n(C)c2n(C)c1=O. The molecule has 0 aliphatic carbocycles. The number of amides is 1. The Morgan fingerprint density at radius 3 is 2.30 bits per heavy atom. The van der Waals surface area contributed by atoms with E-state index in [0.717, 1.165) is 16.7 Å². The molecule has 0 saturated carbocycles. The van der Waals surface area contributed by atoms with E-state index < -0.39 is 23.0 Å². The molecule has 1 amide bonds. The van der Waals surface area contributed by atoms with E-state index in [2.05, 4.69) is 10.3 Å². The summed E-state index contributed by atoms with van der Waals surface area (Å²) in [5.74, 6) is -0.0536. The van der Waals surface area contributed by atoms with Crippen molar-refractivity contribution in [2.75, 3.05) is 11.1 Å². The van der Waals surface area contributed by atoms with Crippen LogP contribution in [-0.4, -0.2) is 30.3 Å². The van der Waals surface area contributed by atoms with Gasteiger partial charge in [-0.3, -0.25) is 18.7 Å². The molecule has 30 heavy (non-hydrogen) atoms. The first-order chi connectivity index (χ1) is 14.0. The van der Waals surface area contributed by atoms with E-state index >= 15 is 0 Å². The van der Waals surface area contributed by atoms with Crippen molar-refractivity contribution >= 4 is 34.5 Å². The van der Waals surface area contributed by atoms with Gasteiger partial charge in [0.05, 0.1) is 5.56 Å². The van der Waals surface area contributed by atoms with Gasteiger partial charge in [-0.25, -0.2) is 9.78 Å². The quantitative estimate of drug-likeness (QED) is 0.613. The number of imidazole rings is 1. The Hall–Kier alpha value is -3.02. The third-order valence-electron chi connectivity index (χ3n) is 4.48. The topological polar surface area (TPSA) is 90.9 Å². The van der Waals surface area contributed by atoms with E-state index in [1.807, 2.05) is 0 Å². The number of hydrogen-bond donors (Lipinski definition) is 1. The van der Waals surface area contributed by atoms with Crippen molar-refractivity contribution in [2.45, 2.75) is 17.8 Å². The Morgan fingerprint density at radius 1 is 1.07 bits per heavy atom. The maximum Gasteiger partial charge on any atom is 0.416 e. The average Bonchev–Trinajstić information content (AvgIpc) is 3.01. The summed E-state index contributed by atoms with van der Waals surface area (Å²) >= 11 is 1.23. The van der Waals surface area contributed by atoms with Crippen molar-refractivity contribution in [1.29, 1.82) is 0 Å². The summed E-state index contributed by atoms with van der Waals surface area (Å²) in [6.07, 6.45) is -4.36. The fraction of sp³-hybridized carbons (Fsp3) is 0.333. The normalized spacial score (nSPS) is 11.8. The number of anilines is 1. The summed E-state index contributed by atoms with van der Waals surface area (Å²) in [5, 5.41) is 3.00. The highest BCUT2D eigenvalue weighted by Gasteiger charge is 2.30. The van der Waals surface area contributed by atoms with Crippen molar-refractivity contribution in [2.24, 2.45) is 21.1 Å². The summed E-state index contributed by atoms with van der Waals surface area (Å²) in [6, 6.07) is 4.18. The van der Waals surface area contributed by atoms with Gasteiger partial charge in [-0.1, -0.05) is 11.8 Å². The zero-order valence-electron chi connectivity index (χ0n) is 16.3. The second-order valence-corrected chi connectivity index (χ2v) is 7.62. The van der Waals surface area contributed by atoms with E-state index in [9.17, 15) is 27.6 Å². The first-order valence-corrected chi connectivity index (χ1v) is 9.71. The lowest BCUT2D eigenvalue weighted by Gasteiger charge is -2.09. The number of thioether (sulfide) groups is 1. The summed E-state index contributed by atoms with van der Waals surface area (Å²) in [6.45, 7) is 0. The standard InChI is InChI=1S/C18H18F3N5O3S/c1-24-14-13(15(28)26(3)17(29)25(14)2)23-16(24)30-9-8-12(27)22-11-6-4-10(5-7-11)18(19,20)21/h4-7H,8-9H2,1-3H3,(H,22,27). The third-order valence-corrected chi connectivity index (χ3v) is 5.51. The van der Waals surface area contributed by atoms with Crippen molar-refractivity contribution in [3.63, 3.8) is 0 Å². The number of carbonyl (C=O) groups is 1. The molecule has 0 aliphatic heterocycles. The van der Waals surface area contributed by atoms with Crippen molar-refractivity contribution < 1.29 is 18.0 Å². The zero-order valence-corrected chi connectivity index (χ0v) is 17.1. The van der Waals surface area contributed by atoms with Crippen LogP contribution >= 0.6 is 11.8 Å². The van der Waals surface area contributed by atoms with Crippen LogP contribution in [0, 0.1) is 0 Å². The maximum absolute atomic E-state index is 12.6. The van der Waals surface area contributed by atoms with Gasteiger partial charge in [0.2, 0.25) is 5.91 Å². The predicted octanol–water partition coefficient (Wildman–Crippen LogP) is 2.11. The lowest BCUT2D eigenvalue weighted by atomic mass is 10.2. The molecule has 0 bridgehead atoms. The van der Waals surface area contributed by atoms with Crippen LogP contribution in [0.1, 0.15) is 12.0 Å². The number of halogens is 3. The minimum Gasteiger partial charge on any atom is -0.326 e. The predicted molar refractivity (Wildman–Crippen MR) is 107 cm³/mol. The lowest BCUT2D eigenvalue weighted by molar-refractivity contribution is -0.137. The maximum atomic E-state index is 12.6. The molecule has 0 atom stereocenters. The van der Waals surface area contributed by atoms with Gasteiger partial charge >= 0.3 is 11.9 Å². The molecule has 160 valence electrons. The van der Waals surface area contributed by atoms with Gasteiger partial charge in [0.15, 0.2) is 16.3 Å². The molecule has 0 unspecified atom stereocenters. The van der Waals surface area contributed by atoms with E-state index in [-0.39, 0.29) is 23.5 Å². The number of benzene rings is 1. The van der Waals surface area contributed by atoms with Gasteiger partial charge in [-0.05, 0) is 24.3 Å². The molecule has 2 heterocycles. The Morgan fingerprint density at radius 2 is 1.70 bits per heavy atom. The van der Waals surface area contributed by atoms with Crippen molar-refractivity contribution in [1.82, 2.24) is 18.7 Å². The monoisotopic (exact) mass is 441 g/mol. The van der Waals surface area contributed by atoms with Gasteiger partial charge in [-0.2, -0.15) is 13.2 Å². The van der Waals surface area contributed by atoms with E-state index in [4.69, 9.17) is 0 Å². The van der Waals surface area contributed by atoms with Crippen LogP contribution in [0.5, 0.6) is 0 Å². The van der Waals surface area contributed by atoms with Crippen molar-refractivity contribution in [3.05, 3.63) is 50.7 Å². The summed E-state index contributed by atoms with van der Waals surface area (Å²) in [7, 11) is 4.58. The molecule has 3 rings (SSSR count). The molecular weight excluding hydrogens is 423 g/mol. The number of hydrogen-bond acceptors (Lipinski definition) is 5. The van der Waals surface area contributed by atoms with E-state index in [0.29, 0.717) is 16.6 Å². The Labute approximate surface area is 172 Å².